The summed E-state index contributed by atoms with van der Waals surface area (Å²) in [5, 5.41) is 5.19. The second-order valence-electron chi connectivity index (χ2n) is 4.38. The largest absolute Gasteiger partial charge is 0.482 e. The van der Waals surface area contributed by atoms with E-state index in [-0.39, 0.29) is 24.5 Å². The highest BCUT2D eigenvalue weighted by Gasteiger charge is 2.38. The van der Waals surface area contributed by atoms with Crippen molar-refractivity contribution in [3.63, 3.8) is 0 Å². The van der Waals surface area contributed by atoms with Crippen LogP contribution in [0.5, 0.6) is 5.75 Å². The fraction of sp³-hybridized carbons (Fsp3) is 0.333. The lowest BCUT2D eigenvalue weighted by atomic mass is 10.1. The topological polar surface area (TPSA) is 67.4 Å². The minimum absolute atomic E-state index is 0.0237. The van der Waals surface area contributed by atoms with Crippen molar-refractivity contribution in [1.82, 2.24) is 5.32 Å². The summed E-state index contributed by atoms with van der Waals surface area (Å²) in [6, 6.07) is 4.35. The van der Waals surface area contributed by atoms with Crippen molar-refractivity contribution < 1.29 is 18.7 Å². The van der Waals surface area contributed by atoms with Crippen LogP contribution in [-0.2, 0) is 4.79 Å². The Morgan fingerprint density at radius 2 is 2.28 bits per heavy atom. The van der Waals surface area contributed by atoms with Crippen molar-refractivity contribution in [1.29, 1.82) is 0 Å². The van der Waals surface area contributed by atoms with Gasteiger partial charge in [-0.1, -0.05) is 0 Å². The third-order valence-corrected chi connectivity index (χ3v) is 2.90. The first-order chi connectivity index (χ1) is 8.63. The van der Waals surface area contributed by atoms with Crippen LogP contribution in [0, 0.1) is 0 Å². The van der Waals surface area contributed by atoms with Gasteiger partial charge in [-0.2, -0.15) is 0 Å². The monoisotopic (exact) mass is 250 g/mol. The van der Waals surface area contributed by atoms with Crippen molar-refractivity contribution in [3.8, 4) is 5.75 Å². The van der Waals surface area contributed by atoms with E-state index in [2.05, 4.69) is 10.6 Å². The number of hydrogen-bond donors (Lipinski definition) is 2. The van der Waals surface area contributed by atoms with Gasteiger partial charge in [-0.05, 0) is 18.2 Å². The van der Waals surface area contributed by atoms with E-state index >= 15 is 0 Å². The van der Waals surface area contributed by atoms with Crippen LogP contribution >= 0.6 is 0 Å². The molecule has 1 aliphatic carbocycles. The maximum atomic E-state index is 12.7. The molecular weight excluding hydrogens is 239 g/mol. The molecule has 0 unspecified atom stereocenters. The summed E-state index contributed by atoms with van der Waals surface area (Å²) in [5.74, 6) is -0.0743. The Morgan fingerprint density at radius 1 is 1.50 bits per heavy atom. The predicted octanol–water partition coefficient (Wildman–Crippen LogP) is 0.858. The number of amides is 2. The molecule has 0 bridgehead atoms. The summed E-state index contributed by atoms with van der Waals surface area (Å²) < 4.78 is 17.9. The molecule has 1 aliphatic heterocycles. The summed E-state index contributed by atoms with van der Waals surface area (Å²) >= 11 is 0. The fourth-order valence-corrected chi connectivity index (χ4v) is 1.79. The molecule has 94 valence electrons. The summed E-state index contributed by atoms with van der Waals surface area (Å²) in [6.45, 7) is -0.0237. The minimum atomic E-state index is -0.936. The zero-order valence-electron chi connectivity index (χ0n) is 9.40. The van der Waals surface area contributed by atoms with Crippen molar-refractivity contribution in [2.24, 2.45) is 0 Å². The number of fused-ring (bicyclic) bond motifs is 1. The average molecular weight is 250 g/mol. The lowest BCUT2D eigenvalue weighted by molar-refractivity contribution is -0.118. The molecule has 0 spiro atoms. The predicted molar refractivity (Wildman–Crippen MR) is 61.3 cm³/mol. The van der Waals surface area contributed by atoms with Crippen LogP contribution in [0.15, 0.2) is 18.2 Å². The van der Waals surface area contributed by atoms with E-state index in [1.54, 1.807) is 12.1 Å². The average Bonchev–Trinajstić information content (AvgIpc) is 3.03. The molecule has 0 saturated heterocycles. The molecule has 2 N–H and O–H groups in total. The molecule has 18 heavy (non-hydrogen) atoms. The Morgan fingerprint density at radius 3 is 3.00 bits per heavy atom. The van der Waals surface area contributed by atoms with E-state index in [9.17, 15) is 14.0 Å². The molecule has 1 heterocycles. The van der Waals surface area contributed by atoms with Gasteiger partial charge in [0.2, 0.25) is 0 Å². The minimum Gasteiger partial charge on any atom is -0.482 e. The Balaban J connectivity index is 1.78. The van der Waals surface area contributed by atoms with Gasteiger partial charge in [0.15, 0.2) is 6.61 Å². The SMILES string of the molecule is O=C1COc2ccc(C(=O)N[C@@H]3C[C@@H]3F)cc2N1. The molecule has 6 heteroatoms. The number of benzene rings is 1. The number of anilines is 1. The summed E-state index contributed by atoms with van der Waals surface area (Å²) in [5.41, 5.74) is 0.838. The first kappa shape index (κ1) is 11.0. The molecule has 2 atom stereocenters. The highest BCUT2D eigenvalue weighted by atomic mass is 19.1. The normalized spacial score (nSPS) is 24.6. The number of hydrogen-bond acceptors (Lipinski definition) is 3. The Hall–Kier alpha value is -2.11. The van der Waals surface area contributed by atoms with Crippen molar-refractivity contribution in [3.05, 3.63) is 23.8 Å². The summed E-state index contributed by atoms with van der Waals surface area (Å²) in [4.78, 5) is 22.9. The molecule has 1 fully saturated rings. The van der Waals surface area contributed by atoms with Crippen LogP contribution in [0.1, 0.15) is 16.8 Å². The van der Waals surface area contributed by atoms with Crippen LogP contribution in [0.4, 0.5) is 10.1 Å². The van der Waals surface area contributed by atoms with E-state index in [1.807, 2.05) is 0 Å². The van der Waals surface area contributed by atoms with Gasteiger partial charge in [0, 0.05) is 12.0 Å². The molecule has 1 aromatic rings. The highest BCUT2D eigenvalue weighted by Crippen LogP contribution is 2.29. The standard InChI is InChI=1S/C12H11FN2O3/c13-7-4-8(7)15-12(17)6-1-2-10-9(3-6)14-11(16)5-18-10/h1-3,7-8H,4-5H2,(H,14,16)(H,15,17)/t7-,8+/m0/s1. The van der Waals surface area contributed by atoms with Crippen molar-refractivity contribution in [2.75, 3.05) is 11.9 Å². The molecule has 1 saturated carbocycles. The van der Waals surface area contributed by atoms with E-state index in [4.69, 9.17) is 4.74 Å². The molecule has 2 amide bonds. The van der Waals surface area contributed by atoms with Gasteiger partial charge in [-0.25, -0.2) is 4.39 Å². The number of alkyl halides is 1. The van der Waals surface area contributed by atoms with Crippen molar-refractivity contribution in [2.45, 2.75) is 18.6 Å². The van der Waals surface area contributed by atoms with Crippen LogP contribution in [0.25, 0.3) is 0 Å². The Labute approximate surface area is 102 Å². The highest BCUT2D eigenvalue weighted by molar-refractivity contribution is 6.00. The second kappa shape index (κ2) is 3.97. The van der Waals surface area contributed by atoms with Gasteiger partial charge >= 0.3 is 0 Å². The van der Waals surface area contributed by atoms with E-state index < -0.39 is 6.17 Å². The third-order valence-electron chi connectivity index (χ3n) is 2.90. The van der Waals surface area contributed by atoms with Gasteiger partial charge in [-0.3, -0.25) is 9.59 Å². The lowest BCUT2D eigenvalue weighted by Crippen LogP contribution is -2.28. The van der Waals surface area contributed by atoms with Crippen LogP contribution < -0.4 is 15.4 Å². The fourth-order valence-electron chi connectivity index (χ4n) is 1.79. The van der Waals surface area contributed by atoms with E-state index in [0.717, 1.165) is 0 Å². The molecule has 1 aromatic carbocycles. The van der Waals surface area contributed by atoms with Gasteiger partial charge in [0.1, 0.15) is 11.9 Å². The molecular formula is C12H11FN2O3. The number of nitrogens with one attached hydrogen (secondary N) is 2. The van der Waals surface area contributed by atoms with Crippen LogP contribution in [0.3, 0.4) is 0 Å². The first-order valence-electron chi connectivity index (χ1n) is 5.65. The Kier molecular flexibility index (Phi) is 2.43. The molecule has 3 rings (SSSR count). The zero-order valence-corrected chi connectivity index (χ0v) is 9.40. The number of ether oxygens (including phenoxy) is 1. The van der Waals surface area contributed by atoms with Crippen molar-refractivity contribution >= 4 is 17.5 Å². The van der Waals surface area contributed by atoms with Gasteiger partial charge in [-0.15, -0.1) is 0 Å². The first-order valence-corrected chi connectivity index (χ1v) is 5.65. The van der Waals surface area contributed by atoms with Gasteiger partial charge < -0.3 is 15.4 Å². The quantitative estimate of drug-likeness (QED) is 0.818. The third kappa shape index (κ3) is 2.01. The number of halogens is 1. The lowest BCUT2D eigenvalue weighted by Gasteiger charge is -2.18. The van der Waals surface area contributed by atoms with Crippen LogP contribution in [0.2, 0.25) is 0 Å². The smallest absolute Gasteiger partial charge is 0.262 e. The summed E-state index contributed by atoms with van der Waals surface area (Å²) in [7, 11) is 0. The maximum Gasteiger partial charge on any atom is 0.262 e. The van der Waals surface area contributed by atoms with Crippen LogP contribution in [-0.4, -0.2) is 30.6 Å². The summed E-state index contributed by atoms with van der Waals surface area (Å²) in [6.07, 6.45) is -0.564. The molecule has 5 nitrogen and oxygen atoms in total. The molecule has 0 aromatic heterocycles. The maximum absolute atomic E-state index is 12.7. The number of rotatable bonds is 2. The molecule has 2 aliphatic rings. The van der Waals surface area contributed by atoms with E-state index in [1.165, 1.54) is 6.07 Å². The van der Waals surface area contributed by atoms with Gasteiger partial charge in [0.05, 0.1) is 11.7 Å². The number of carbonyl (C=O) groups is 2. The van der Waals surface area contributed by atoms with E-state index in [0.29, 0.717) is 23.4 Å². The Bertz CT molecular complexity index is 532. The number of carbonyl (C=O) groups excluding carboxylic acids is 2. The molecule has 0 radical (unpaired) electrons. The zero-order chi connectivity index (χ0) is 12.7. The second-order valence-corrected chi connectivity index (χ2v) is 4.38. The van der Waals surface area contributed by atoms with Gasteiger partial charge in [0.25, 0.3) is 11.8 Å².